The fourth-order valence-electron chi connectivity index (χ4n) is 1.50. The molecule has 1 heterocycles. The van der Waals surface area contributed by atoms with E-state index in [0.29, 0.717) is 11.5 Å². The molecule has 0 saturated heterocycles. The van der Waals surface area contributed by atoms with E-state index < -0.39 is 5.97 Å². The number of carboxylic acid groups (broad SMARTS) is 1. The number of ether oxygens (including phenoxy) is 1. The van der Waals surface area contributed by atoms with Crippen molar-refractivity contribution in [1.82, 2.24) is 9.97 Å². The number of nitrogens with zero attached hydrogens (tertiary/aromatic N) is 2. The van der Waals surface area contributed by atoms with E-state index in [4.69, 9.17) is 9.84 Å². The lowest BCUT2D eigenvalue weighted by Crippen LogP contribution is -2.16. The first-order chi connectivity index (χ1) is 7.45. The van der Waals surface area contributed by atoms with Crippen LogP contribution in [0.2, 0.25) is 0 Å². The summed E-state index contributed by atoms with van der Waals surface area (Å²) >= 11 is 0. The van der Waals surface area contributed by atoms with Crippen LogP contribution in [-0.2, 0) is 4.74 Å². The second kappa shape index (κ2) is 5.03. The highest BCUT2D eigenvalue weighted by Gasteiger charge is 2.20. The quantitative estimate of drug-likeness (QED) is 0.844. The molecule has 0 radical (unpaired) electrons. The van der Waals surface area contributed by atoms with Gasteiger partial charge in [-0.25, -0.2) is 14.8 Å². The number of rotatable bonds is 4. The number of methoxy groups -OCH3 is 1. The Morgan fingerprint density at radius 3 is 2.50 bits per heavy atom. The predicted molar refractivity (Wildman–Crippen MR) is 58.3 cm³/mol. The van der Waals surface area contributed by atoms with Gasteiger partial charge in [0.25, 0.3) is 0 Å². The maximum atomic E-state index is 10.9. The first kappa shape index (κ1) is 12.6. The molecule has 1 rings (SSSR count). The van der Waals surface area contributed by atoms with Crippen LogP contribution in [-0.4, -0.2) is 28.2 Å². The van der Waals surface area contributed by atoms with Crippen molar-refractivity contribution in [3.05, 3.63) is 23.3 Å². The smallest absolute Gasteiger partial charge is 0.354 e. The van der Waals surface area contributed by atoms with E-state index in [-0.39, 0.29) is 17.7 Å². The number of aromatic carboxylic acids is 1. The maximum Gasteiger partial charge on any atom is 0.354 e. The van der Waals surface area contributed by atoms with Crippen molar-refractivity contribution >= 4 is 5.97 Å². The van der Waals surface area contributed by atoms with Crippen LogP contribution in [0.25, 0.3) is 0 Å². The molecule has 0 amide bonds. The highest BCUT2D eigenvalue weighted by atomic mass is 16.5. The van der Waals surface area contributed by atoms with Crippen LogP contribution in [0, 0.1) is 12.8 Å². The molecule has 1 aromatic heterocycles. The summed E-state index contributed by atoms with van der Waals surface area (Å²) < 4.78 is 5.27. The monoisotopic (exact) mass is 224 g/mol. The van der Waals surface area contributed by atoms with Gasteiger partial charge in [-0.15, -0.1) is 0 Å². The average Bonchev–Trinajstić information content (AvgIpc) is 2.17. The lowest BCUT2D eigenvalue weighted by Gasteiger charge is -2.18. The van der Waals surface area contributed by atoms with E-state index in [1.54, 1.807) is 14.0 Å². The molecule has 5 nitrogen and oxygen atoms in total. The molecule has 1 aromatic rings. The highest BCUT2D eigenvalue weighted by Crippen LogP contribution is 2.22. The highest BCUT2D eigenvalue weighted by molar-refractivity contribution is 5.85. The molecule has 1 atom stereocenters. The number of hydrogen-bond donors (Lipinski definition) is 1. The van der Waals surface area contributed by atoms with Gasteiger partial charge in [0.05, 0.1) is 0 Å². The van der Waals surface area contributed by atoms with Crippen molar-refractivity contribution in [2.24, 2.45) is 5.92 Å². The number of aryl methyl sites for hydroxylation is 1. The van der Waals surface area contributed by atoms with Crippen molar-refractivity contribution in [1.29, 1.82) is 0 Å². The van der Waals surface area contributed by atoms with Crippen LogP contribution in [0.4, 0.5) is 0 Å². The number of hydrogen-bond acceptors (Lipinski definition) is 4. The topological polar surface area (TPSA) is 72.3 Å². The van der Waals surface area contributed by atoms with E-state index in [1.165, 1.54) is 6.07 Å². The average molecular weight is 224 g/mol. The molecule has 0 aliphatic carbocycles. The van der Waals surface area contributed by atoms with Crippen LogP contribution < -0.4 is 0 Å². The van der Waals surface area contributed by atoms with Crippen molar-refractivity contribution < 1.29 is 14.6 Å². The Bertz CT molecular complexity index is 391. The Labute approximate surface area is 94.5 Å². The summed E-state index contributed by atoms with van der Waals surface area (Å²) in [5, 5.41) is 8.90. The van der Waals surface area contributed by atoms with Crippen LogP contribution in [0.15, 0.2) is 6.07 Å². The van der Waals surface area contributed by atoms with Crippen molar-refractivity contribution in [3.63, 3.8) is 0 Å². The SMILES string of the molecule is COC(c1nc(C)cc(C(=O)O)n1)C(C)C. The molecule has 0 spiro atoms. The van der Waals surface area contributed by atoms with Gasteiger partial charge in [0.2, 0.25) is 0 Å². The van der Waals surface area contributed by atoms with Gasteiger partial charge in [0, 0.05) is 12.8 Å². The zero-order valence-electron chi connectivity index (χ0n) is 9.89. The van der Waals surface area contributed by atoms with Gasteiger partial charge in [-0.1, -0.05) is 13.8 Å². The van der Waals surface area contributed by atoms with Crippen molar-refractivity contribution in [3.8, 4) is 0 Å². The lowest BCUT2D eigenvalue weighted by molar-refractivity contribution is 0.0561. The van der Waals surface area contributed by atoms with Crippen LogP contribution in [0.5, 0.6) is 0 Å². The Morgan fingerprint density at radius 1 is 1.44 bits per heavy atom. The zero-order chi connectivity index (χ0) is 12.3. The standard InChI is InChI=1S/C11H16N2O3/c1-6(2)9(16-4)10-12-7(3)5-8(13-10)11(14)15/h5-6,9H,1-4H3,(H,14,15). The first-order valence-electron chi connectivity index (χ1n) is 5.07. The lowest BCUT2D eigenvalue weighted by atomic mass is 10.1. The predicted octanol–water partition coefficient (Wildman–Crippen LogP) is 1.83. The normalized spacial score (nSPS) is 12.8. The molecule has 0 aromatic carbocycles. The third kappa shape index (κ3) is 2.76. The Balaban J connectivity index is 3.17. The van der Waals surface area contributed by atoms with E-state index >= 15 is 0 Å². The first-order valence-corrected chi connectivity index (χ1v) is 5.07. The minimum Gasteiger partial charge on any atom is -0.477 e. The summed E-state index contributed by atoms with van der Waals surface area (Å²) in [7, 11) is 1.57. The molecule has 0 aliphatic rings. The summed E-state index contributed by atoms with van der Waals surface area (Å²) in [5.41, 5.74) is 0.635. The molecule has 16 heavy (non-hydrogen) atoms. The molecule has 5 heteroatoms. The number of aromatic nitrogens is 2. The van der Waals surface area contributed by atoms with Crippen molar-refractivity contribution in [2.75, 3.05) is 7.11 Å². The van der Waals surface area contributed by atoms with E-state index in [0.717, 1.165) is 0 Å². The van der Waals surface area contributed by atoms with E-state index in [1.807, 2.05) is 13.8 Å². The van der Waals surface area contributed by atoms with Crippen LogP contribution in [0.1, 0.15) is 42.0 Å². The van der Waals surface area contributed by atoms with Crippen LogP contribution in [0.3, 0.4) is 0 Å². The Hall–Kier alpha value is -1.49. The second-order valence-electron chi connectivity index (χ2n) is 3.96. The zero-order valence-corrected chi connectivity index (χ0v) is 9.89. The molecule has 0 saturated carbocycles. The molecular weight excluding hydrogens is 208 g/mol. The van der Waals surface area contributed by atoms with Gasteiger partial charge >= 0.3 is 5.97 Å². The minimum atomic E-state index is -1.05. The van der Waals surface area contributed by atoms with Crippen molar-refractivity contribution in [2.45, 2.75) is 26.9 Å². The molecule has 0 aliphatic heterocycles. The molecule has 0 bridgehead atoms. The molecule has 1 N–H and O–H groups in total. The summed E-state index contributed by atoms with van der Waals surface area (Å²) in [6.07, 6.45) is -0.280. The fourth-order valence-corrected chi connectivity index (χ4v) is 1.50. The third-order valence-electron chi connectivity index (χ3n) is 2.20. The maximum absolute atomic E-state index is 10.9. The summed E-state index contributed by atoms with van der Waals surface area (Å²) in [6.45, 7) is 5.69. The minimum absolute atomic E-state index is 0.00481. The fraction of sp³-hybridized carbons (Fsp3) is 0.545. The van der Waals surface area contributed by atoms with Crippen LogP contribution >= 0.6 is 0 Å². The van der Waals surface area contributed by atoms with E-state index in [9.17, 15) is 4.79 Å². The molecule has 1 unspecified atom stereocenters. The molecular formula is C11H16N2O3. The molecule has 0 fully saturated rings. The second-order valence-corrected chi connectivity index (χ2v) is 3.96. The summed E-state index contributed by atoms with van der Waals surface area (Å²) in [5.74, 6) is -0.436. The third-order valence-corrected chi connectivity index (χ3v) is 2.20. The number of carboxylic acids is 1. The van der Waals surface area contributed by atoms with Gasteiger partial charge in [0.15, 0.2) is 11.5 Å². The Kier molecular flexibility index (Phi) is 3.95. The number of carbonyl (C=O) groups is 1. The summed E-state index contributed by atoms with van der Waals surface area (Å²) in [6, 6.07) is 1.44. The largest absolute Gasteiger partial charge is 0.477 e. The summed E-state index contributed by atoms with van der Waals surface area (Å²) in [4.78, 5) is 19.1. The van der Waals surface area contributed by atoms with Gasteiger partial charge in [-0.05, 0) is 18.9 Å². The van der Waals surface area contributed by atoms with Gasteiger partial charge in [-0.3, -0.25) is 0 Å². The van der Waals surface area contributed by atoms with E-state index in [2.05, 4.69) is 9.97 Å². The van der Waals surface area contributed by atoms with Gasteiger partial charge in [-0.2, -0.15) is 0 Å². The van der Waals surface area contributed by atoms with Gasteiger partial charge in [0.1, 0.15) is 6.10 Å². The Morgan fingerprint density at radius 2 is 2.06 bits per heavy atom. The van der Waals surface area contributed by atoms with Gasteiger partial charge < -0.3 is 9.84 Å². The molecule has 88 valence electrons.